The van der Waals surface area contributed by atoms with E-state index in [2.05, 4.69) is 5.32 Å². The molecule has 18 heavy (non-hydrogen) atoms. The van der Waals surface area contributed by atoms with Gasteiger partial charge in [-0.05, 0) is 39.8 Å². The lowest BCUT2D eigenvalue weighted by Gasteiger charge is -2.23. The highest BCUT2D eigenvalue weighted by molar-refractivity contribution is 5.81. The van der Waals surface area contributed by atoms with Crippen LogP contribution in [0.1, 0.15) is 27.7 Å². The van der Waals surface area contributed by atoms with Crippen molar-refractivity contribution in [2.75, 3.05) is 7.11 Å². The summed E-state index contributed by atoms with van der Waals surface area (Å²) < 4.78 is 10.7. The largest absolute Gasteiger partial charge is 0.497 e. The fourth-order valence-corrected chi connectivity index (χ4v) is 1.40. The molecule has 1 rings (SSSR count). The Bertz CT molecular complexity index is 410. The molecule has 0 aromatic heterocycles. The minimum absolute atomic E-state index is 0.134. The molecule has 0 heterocycles. The first-order valence-corrected chi connectivity index (χ1v) is 5.94. The summed E-state index contributed by atoms with van der Waals surface area (Å²) >= 11 is 0. The van der Waals surface area contributed by atoms with Crippen molar-refractivity contribution in [2.24, 2.45) is 0 Å². The average Bonchev–Trinajstić information content (AvgIpc) is 2.27. The Balaban J connectivity index is 2.63. The first-order valence-electron chi connectivity index (χ1n) is 5.94. The summed E-state index contributed by atoms with van der Waals surface area (Å²) in [4.78, 5) is 11.9. The maximum Gasteiger partial charge on any atom is 0.261 e. The van der Waals surface area contributed by atoms with Gasteiger partial charge >= 0.3 is 0 Å². The molecule has 4 heteroatoms. The minimum Gasteiger partial charge on any atom is -0.497 e. The zero-order chi connectivity index (χ0) is 13.8. The summed E-state index contributed by atoms with van der Waals surface area (Å²) in [6.45, 7) is 7.52. The highest BCUT2D eigenvalue weighted by Gasteiger charge is 2.20. The van der Waals surface area contributed by atoms with Gasteiger partial charge in [0.1, 0.15) is 11.5 Å². The summed E-state index contributed by atoms with van der Waals surface area (Å²) in [6, 6.07) is 7.19. The number of benzene rings is 1. The van der Waals surface area contributed by atoms with Crippen molar-refractivity contribution in [2.45, 2.75) is 39.3 Å². The van der Waals surface area contributed by atoms with Gasteiger partial charge in [-0.3, -0.25) is 4.79 Å². The number of nitrogens with one attached hydrogen (secondary N) is 1. The normalized spacial score (nSPS) is 12.7. The Morgan fingerprint density at radius 3 is 2.44 bits per heavy atom. The fraction of sp³-hybridized carbons (Fsp3) is 0.500. The van der Waals surface area contributed by atoms with E-state index in [4.69, 9.17) is 9.47 Å². The van der Waals surface area contributed by atoms with Crippen molar-refractivity contribution in [3.8, 4) is 11.5 Å². The first-order chi connectivity index (χ1) is 8.31. The average molecular weight is 251 g/mol. The molecule has 1 aromatic rings. The summed E-state index contributed by atoms with van der Waals surface area (Å²) in [5, 5.41) is 2.87. The van der Waals surface area contributed by atoms with Crippen LogP contribution in [-0.4, -0.2) is 24.7 Å². The third-order valence-electron chi connectivity index (χ3n) is 2.22. The molecule has 0 aliphatic heterocycles. The minimum atomic E-state index is -0.545. The Hall–Kier alpha value is -1.71. The van der Waals surface area contributed by atoms with E-state index < -0.39 is 6.10 Å². The predicted octanol–water partition coefficient (Wildman–Crippen LogP) is 2.38. The molecule has 100 valence electrons. The van der Waals surface area contributed by atoms with Gasteiger partial charge in [0.15, 0.2) is 6.10 Å². The van der Waals surface area contributed by atoms with Crippen LogP contribution in [0, 0.1) is 0 Å². The van der Waals surface area contributed by atoms with Gasteiger partial charge in [0.2, 0.25) is 0 Å². The molecule has 1 aromatic carbocycles. The Kier molecular flexibility index (Phi) is 4.59. The predicted molar refractivity (Wildman–Crippen MR) is 71.0 cm³/mol. The van der Waals surface area contributed by atoms with E-state index in [1.165, 1.54) is 0 Å². The van der Waals surface area contributed by atoms with Gasteiger partial charge < -0.3 is 14.8 Å². The second-order valence-corrected chi connectivity index (χ2v) is 5.18. The molecule has 1 amide bonds. The van der Waals surface area contributed by atoms with Crippen molar-refractivity contribution >= 4 is 5.91 Å². The molecule has 0 spiro atoms. The highest BCUT2D eigenvalue weighted by atomic mass is 16.5. The van der Waals surface area contributed by atoms with E-state index in [1.807, 2.05) is 32.9 Å². The SMILES string of the molecule is COc1cccc(O[C@@H](C)C(=O)NC(C)(C)C)c1. The van der Waals surface area contributed by atoms with Crippen molar-refractivity contribution in [3.05, 3.63) is 24.3 Å². The van der Waals surface area contributed by atoms with E-state index in [1.54, 1.807) is 26.2 Å². The summed E-state index contributed by atoms with van der Waals surface area (Å²) in [6.07, 6.45) is -0.545. The molecule has 0 radical (unpaired) electrons. The van der Waals surface area contributed by atoms with Crippen molar-refractivity contribution in [3.63, 3.8) is 0 Å². The van der Waals surface area contributed by atoms with Crippen LogP contribution in [0.4, 0.5) is 0 Å². The molecule has 0 fully saturated rings. The smallest absolute Gasteiger partial charge is 0.261 e. The highest BCUT2D eigenvalue weighted by Crippen LogP contribution is 2.20. The van der Waals surface area contributed by atoms with Crippen LogP contribution in [0.2, 0.25) is 0 Å². The quantitative estimate of drug-likeness (QED) is 0.893. The lowest BCUT2D eigenvalue weighted by Crippen LogP contribution is -2.46. The molecule has 4 nitrogen and oxygen atoms in total. The number of amides is 1. The molecular formula is C14H21NO3. The summed E-state index contributed by atoms with van der Waals surface area (Å²) in [5.74, 6) is 1.19. The van der Waals surface area contributed by atoms with Gasteiger partial charge in [-0.25, -0.2) is 0 Å². The lowest BCUT2D eigenvalue weighted by atomic mass is 10.1. The van der Waals surface area contributed by atoms with Gasteiger partial charge in [-0.15, -0.1) is 0 Å². The standard InChI is InChI=1S/C14H21NO3/c1-10(13(16)15-14(2,3)4)18-12-8-6-7-11(9-12)17-5/h6-10H,1-5H3,(H,15,16)/t10-/m0/s1. The number of carbonyl (C=O) groups excluding carboxylic acids is 1. The molecule has 0 aliphatic rings. The monoisotopic (exact) mass is 251 g/mol. The Morgan fingerprint density at radius 1 is 1.28 bits per heavy atom. The van der Waals surface area contributed by atoms with Gasteiger partial charge in [-0.1, -0.05) is 6.07 Å². The van der Waals surface area contributed by atoms with E-state index in [-0.39, 0.29) is 11.4 Å². The van der Waals surface area contributed by atoms with E-state index in [0.717, 1.165) is 0 Å². The molecule has 0 aliphatic carbocycles. The van der Waals surface area contributed by atoms with Gasteiger partial charge in [-0.2, -0.15) is 0 Å². The number of carbonyl (C=O) groups is 1. The summed E-state index contributed by atoms with van der Waals surface area (Å²) in [7, 11) is 1.59. The molecule has 1 atom stereocenters. The maximum absolute atomic E-state index is 11.9. The number of methoxy groups -OCH3 is 1. The van der Waals surface area contributed by atoms with Gasteiger partial charge in [0, 0.05) is 11.6 Å². The second kappa shape index (κ2) is 5.76. The lowest BCUT2D eigenvalue weighted by molar-refractivity contribution is -0.128. The maximum atomic E-state index is 11.9. The van der Waals surface area contributed by atoms with Crippen LogP contribution >= 0.6 is 0 Å². The van der Waals surface area contributed by atoms with Crippen LogP contribution < -0.4 is 14.8 Å². The second-order valence-electron chi connectivity index (χ2n) is 5.18. The molecule has 0 saturated carbocycles. The van der Waals surface area contributed by atoms with Crippen LogP contribution in [-0.2, 0) is 4.79 Å². The van der Waals surface area contributed by atoms with Crippen LogP contribution in [0.3, 0.4) is 0 Å². The molecule has 1 N–H and O–H groups in total. The first kappa shape index (κ1) is 14.4. The summed E-state index contributed by atoms with van der Waals surface area (Å²) in [5.41, 5.74) is -0.261. The van der Waals surface area contributed by atoms with E-state index >= 15 is 0 Å². The zero-order valence-corrected chi connectivity index (χ0v) is 11.6. The number of hydrogen-bond donors (Lipinski definition) is 1. The van der Waals surface area contributed by atoms with Crippen molar-refractivity contribution in [1.29, 1.82) is 0 Å². The van der Waals surface area contributed by atoms with Gasteiger partial charge in [0.25, 0.3) is 5.91 Å². The third-order valence-corrected chi connectivity index (χ3v) is 2.22. The molecule has 0 unspecified atom stereocenters. The number of hydrogen-bond acceptors (Lipinski definition) is 3. The molecular weight excluding hydrogens is 230 g/mol. The third kappa shape index (κ3) is 4.65. The van der Waals surface area contributed by atoms with Gasteiger partial charge in [0.05, 0.1) is 7.11 Å². The van der Waals surface area contributed by atoms with Crippen molar-refractivity contribution < 1.29 is 14.3 Å². The van der Waals surface area contributed by atoms with Crippen LogP contribution in [0.5, 0.6) is 11.5 Å². The molecule has 0 saturated heterocycles. The Morgan fingerprint density at radius 2 is 1.89 bits per heavy atom. The van der Waals surface area contributed by atoms with Crippen LogP contribution in [0.15, 0.2) is 24.3 Å². The van der Waals surface area contributed by atoms with E-state index in [9.17, 15) is 4.79 Å². The number of rotatable bonds is 4. The number of ether oxygens (including phenoxy) is 2. The Labute approximate surface area is 108 Å². The fourth-order valence-electron chi connectivity index (χ4n) is 1.40. The van der Waals surface area contributed by atoms with Crippen molar-refractivity contribution in [1.82, 2.24) is 5.32 Å². The van der Waals surface area contributed by atoms with E-state index in [0.29, 0.717) is 11.5 Å². The molecule has 0 bridgehead atoms. The zero-order valence-electron chi connectivity index (χ0n) is 11.6. The topological polar surface area (TPSA) is 47.6 Å². The van der Waals surface area contributed by atoms with Crippen LogP contribution in [0.25, 0.3) is 0 Å².